The van der Waals surface area contributed by atoms with Crippen LogP contribution in [0.3, 0.4) is 0 Å². The Kier molecular flexibility index (Phi) is 4.80. The molecule has 2 aromatic rings. The number of aromatic nitrogens is 1. The van der Waals surface area contributed by atoms with Gasteiger partial charge in [0.05, 0.1) is 17.2 Å². The van der Waals surface area contributed by atoms with Crippen LogP contribution in [0, 0.1) is 0 Å². The molecule has 20 heavy (non-hydrogen) atoms. The fourth-order valence-electron chi connectivity index (χ4n) is 1.68. The van der Waals surface area contributed by atoms with E-state index < -0.39 is 9.84 Å². The molecule has 0 amide bonds. The van der Waals surface area contributed by atoms with Crippen LogP contribution in [0.5, 0.6) is 0 Å². The second-order valence-electron chi connectivity index (χ2n) is 4.32. The first-order chi connectivity index (χ1) is 9.50. The van der Waals surface area contributed by atoms with E-state index in [2.05, 4.69) is 4.98 Å². The van der Waals surface area contributed by atoms with Crippen molar-refractivity contribution < 1.29 is 17.9 Å². The zero-order valence-corrected chi connectivity index (χ0v) is 12.2. The van der Waals surface area contributed by atoms with E-state index in [4.69, 9.17) is 21.1 Å². The number of hydrogen-bond donors (Lipinski definition) is 1. The second-order valence-corrected chi connectivity index (χ2v) is 6.94. The van der Waals surface area contributed by atoms with Gasteiger partial charge in [-0.15, -0.1) is 0 Å². The first-order valence-electron chi connectivity index (χ1n) is 6.02. The average Bonchev–Trinajstić information content (AvgIpc) is 2.85. The quantitative estimate of drug-likeness (QED) is 0.884. The number of aliphatic hydroxyl groups is 1. The van der Waals surface area contributed by atoms with Crippen molar-refractivity contribution in [2.75, 3.05) is 12.4 Å². The molecule has 0 fully saturated rings. The molecule has 0 bridgehead atoms. The van der Waals surface area contributed by atoms with Gasteiger partial charge in [-0.2, -0.15) is 0 Å². The predicted octanol–water partition coefficient (Wildman–Crippen LogP) is 2.29. The number of rotatable bonds is 6. The first-order valence-corrected chi connectivity index (χ1v) is 8.22. The number of halogens is 1. The van der Waals surface area contributed by atoms with Crippen LogP contribution in [0.4, 0.5) is 0 Å². The third-order valence-corrected chi connectivity index (χ3v) is 4.52. The minimum Gasteiger partial charge on any atom is -0.444 e. The van der Waals surface area contributed by atoms with E-state index in [0.717, 1.165) is 5.56 Å². The third kappa shape index (κ3) is 4.06. The highest BCUT2D eigenvalue weighted by Gasteiger charge is 2.15. The minimum atomic E-state index is -3.28. The van der Waals surface area contributed by atoms with Crippen molar-refractivity contribution in [3.05, 3.63) is 41.2 Å². The molecule has 1 aromatic heterocycles. The summed E-state index contributed by atoms with van der Waals surface area (Å²) in [6.45, 7) is -0.145. The molecule has 0 aliphatic rings. The van der Waals surface area contributed by atoms with Gasteiger partial charge in [-0.1, -0.05) is 11.6 Å². The van der Waals surface area contributed by atoms with Gasteiger partial charge in [0.15, 0.2) is 9.84 Å². The number of oxazole rings is 1. The molecular weight excluding hydrogens is 302 g/mol. The van der Waals surface area contributed by atoms with Crippen LogP contribution in [-0.4, -0.2) is 30.9 Å². The Labute approximate surface area is 122 Å². The summed E-state index contributed by atoms with van der Waals surface area (Å²) in [6, 6.07) is 6.91. The minimum absolute atomic E-state index is 0.0629. The van der Waals surface area contributed by atoms with Crippen LogP contribution < -0.4 is 0 Å². The summed E-state index contributed by atoms with van der Waals surface area (Å²) in [6.07, 6.45) is 1.56. The molecule has 0 spiro atoms. The molecule has 0 unspecified atom stereocenters. The summed E-state index contributed by atoms with van der Waals surface area (Å²) in [5, 5.41) is 9.27. The van der Waals surface area contributed by atoms with Crippen molar-refractivity contribution >= 4 is 21.4 Å². The highest BCUT2D eigenvalue weighted by atomic mass is 35.5. The Morgan fingerprint density at radius 1 is 1.25 bits per heavy atom. The topological polar surface area (TPSA) is 80.4 Å². The predicted molar refractivity (Wildman–Crippen MR) is 76.1 cm³/mol. The van der Waals surface area contributed by atoms with Gasteiger partial charge in [-0.05, 0) is 30.7 Å². The van der Waals surface area contributed by atoms with Gasteiger partial charge in [0.1, 0.15) is 6.26 Å². The summed E-state index contributed by atoms with van der Waals surface area (Å²) in [5.41, 5.74) is 1.08. The lowest BCUT2D eigenvalue weighted by molar-refractivity contribution is 0.295. The van der Waals surface area contributed by atoms with Gasteiger partial charge in [-0.25, -0.2) is 13.4 Å². The molecule has 0 saturated heterocycles. The number of nitrogens with zero attached hydrogens (tertiary/aromatic N) is 1. The SMILES string of the molecule is O=S(=O)(CCCO)Cc1coc(-c2ccc(Cl)cc2)n1. The van der Waals surface area contributed by atoms with E-state index >= 15 is 0 Å². The Balaban J connectivity index is 2.11. The summed E-state index contributed by atoms with van der Waals surface area (Å²) in [5.74, 6) is 0.102. The highest BCUT2D eigenvalue weighted by Crippen LogP contribution is 2.21. The van der Waals surface area contributed by atoms with E-state index in [1.807, 2.05) is 0 Å². The van der Waals surface area contributed by atoms with Crippen molar-refractivity contribution in [1.29, 1.82) is 0 Å². The zero-order chi connectivity index (χ0) is 14.6. The van der Waals surface area contributed by atoms with E-state index in [1.165, 1.54) is 6.26 Å². The zero-order valence-electron chi connectivity index (χ0n) is 10.6. The number of hydrogen-bond acceptors (Lipinski definition) is 5. The normalized spacial score (nSPS) is 11.7. The van der Waals surface area contributed by atoms with Crippen LogP contribution in [0.25, 0.3) is 11.5 Å². The van der Waals surface area contributed by atoms with Gasteiger partial charge in [0.2, 0.25) is 5.89 Å². The number of aliphatic hydroxyl groups excluding tert-OH is 1. The molecule has 7 heteroatoms. The molecule has 108 valence electrons. The molecule has 0 radical (unpaired) electrons. The van der Waals surface area contributed by atoms with Crippen molar-refractivity contribution in [2.45, 2.75) is 12.2 Å². The molecule has 5 nitrogen and oxygen atoms in total. The summed E-state index contributed by atoms with van der Waals surface area (Å²) in [7, 11) is -3.28. The van der Waals surface area contributed by atoms with Crippen molar-refractivity contribution in [3.8, 4) is 11.5 Å². The molecule has 1 heterocycles. The van der Waals surface area contributed by atoms with Crippen LogP contribution in [0.1, 0.15) is 12.1 Å². The van der Waals surface area contributed by atoms with Crippen molar-refractivity contribution in [2.24, 2.45) is 0 Å². The van der Waals surface area contributed by atoms with Gasteiger partial charge in [0, 0.05) is 17.2 Å². The molecule has 0 aliphatic carbocycles. The maximum absolute atomic E-state index is 11.7. The van der Waals surface area contributed by atoms with Crippen molar-refractivity contribution in [1.82, 2.24) is 4.98 Å². The maximum atomic E-state index is 11.7. The molecular formula is C13H14ClNO4S. The average molecular weight is 316 g/mol. The van der Waals surface area contributed by atoms with Gasteiger partial charge in [0.25, 0.3) is 0 Å². The van der Waals surface area contributed by atoms with Gasteiger partial charge < -0.3 is 9.52 Å². The molecule has 2 rings (SSSR count). The van der Waals surface area contributed by atoms with Crippen LogP contribution in [0.2, 0.25) is 5.02 Å². The monoisotopic (exact) mass is 315 g/mol. The maximum Gasteiger partial charge on any atom is 0.226 e. The smallest absolute Gasteiger partial charge is 0.226 e. The Morgan fingerprint density at radius 2 is 1.95 bits per heavy atom. The number of sulfone groups is 1. The second kappa shape index (κ2) is 6.39. The van der Waals surface area contributed by atoms with E-state index in [0.29, 0.717) is 16.6 Å². The lowest BCUT2D eigenvalue weighted by Gasteiger charge is -1.99. The van der Waals surface area contributed by atoms with E-state index in [-0.39, 0.29) is 24.5 Å². The first kappa shape index (κ1) is 15.0. The molecule has 0 atom stereocenters. The lowest BCUT2D eigenvalue weighted by atomic mass is 10.2. The fourth-order valence-corrected chi connectivity index (χ4v) is 3.10. The molecule has 1 N–H and O–H groups in total. The largest absolute Gasteiger partial charge is 0.444 e. The van der Waals surface area contributed by atoms with Crippen LogP contribution in [0.15, 0.2) is 34.9 Å². The highest BCUT2D eigenvalue weighted by molar-refractivity contribution is 7.90. The number of benzene rings is 1. The standard InChI is InChI=1S/C13H14ClNO4S/c14-11-4-2-10(3-5-11)13-15-12(8-19-13)9-20(17,18)7-1-6-16/h2-5,8,16H,1,6-7,9H2. The summed E-state index contributed by atoms with van der Waals surface area (Å²) in [4.78, 5) is 4.15. The summed E-state index contributed by atoms with van der Waals surface area (Å²) < 4.78 is 28.8. The molecule has 0 aliphatic heterocycles. The molecule has 1 aromatic carbocycles. The Hall–Kier alpha value is -1.37. The Bertz CT molecular complexity index is 664. The van der Waals surface area contributed by atoms with Gasteiger partial charge in [-0.3, -0.25) is 0 Å². The third-order valence-electron chi connectivity index (χ3n) is 2.62. The Morgan fingerprint density at radius 3 is 2.60 bits per heavy atom. The summed E-state index contributed by atoms with van der Waals surface area (Å²) >= 11 is 5.79. The molecule has 0 saturated carbocycles. The van der Waals surface area contributed by atoms with E-state index in [1.54, 1.807) is 24.3 Å². The fraction of sp³-hybridized carbons (Fsp3) is 0.308. The van der Waals surface area contributed by atoms with Gasteiger partial charge >= 0.3 is 0 Å². The lowest BCUT2D eigenvalue weighted by Crippen LogP contribution is -2.10. The van der Waals surface area contributed by atoms with E-state index in [9.17, 15) is 8.42 Å². The van der Waals surface area contributed by atoms with Crippen LogP contribution >= 0.6 is 11.6 Å². The van der Waals surface area contributed by atoms with Crippen molar-refractivity contribution in [3.63, 3.8) is 0 Å². The van der Waals surface area contributed by atoms with Crippen LogP contribution in [-0.2, 0) is 15.6 Å².